The molecule has 4 nitrogen and oxygen atoms in total. The second-order valence-electron chi connectivity index (χ2n) is 10.8. The maximum absolute atomic E-state index is 10.5. The van der Waals surface area contributed by atoms with Crippen molar-refractivity contribution in [2.75, 3.05) is 6.61 Å². The van der Waals surface area contributed by atoms with Gasteiger partial charge in [0.25, 0.3) is 0 Å². The minimum absolute atomic E-state index is 0.124. The van der Waals surface area contributed by atoms with E-state index in [-0.39, 0.29) is 11.1 Å². The summed E-state index contributed by atoms with van der Waals surface area (Å²) in [5.41, 5.74) is -0.659. The van der Waals surface area contributed by atoms with Crippen LogP contribution in [0.1, 0.15) is 86.0 Å². The van der Waals surface area contributed by atoms with Gasteiger partial charge in [0.15, 0.2) is 14.1 Å². The van der Waals surface area contributed by atoms with Crippen LogP contribution in [0.25, 0.3) is 0 Å². The first kappa shape index (κ1) is 24.9. The number of rotatable bonds is 8. The highest BCUT2D eigenvalue weighted by atomic mass is 28.4. The second kappa shape index (κ2) is 9.40. The molecule has 2 fully saturated rings. The van der Waals surface area contributed by atoms with Gasteiger partial charge in [0.05, 0.1) is 6.10 Å². The van der Waals surface area contributed by atoms with Gasteiger partial charge in [-0.15, -0.1) is 6.42 Å². The number of hydrogen-bond donors (Lipinski definition) is 1. The van der Waals surface area contributed by atoms with E-state index in [0.29, 0.717) is 5.92 Å². The zero-order valence-electron chi connectivity index (χ0n) is 19.8. The fraction of sp³-hybridized carbons (Fsp3) is 0.917. The van der Waals surface area contributed by atoms with Gasteiger partial charge in [-0.25, -0.2) is 0 Å². The van der Waals surface area contributed by atoms with Crippen molar-refractivity contribution < 1.29 is 19.0 Å². The summed E-state index contributed by atoms with van der Waals surface area (Å²) in [4.78, 5) is 0. The highest BCUT2D eigenvalue weighted by molar-refractivity contribution is 6.74. The molecule has 2 rings (SSSR count). The molecule has 0 aromatic carbocycles. The van der Waals surface area contributed by atoms with Gasteiger partial charge in [-0.1, -0.05) is 53.4 Å². The fourth-order valence-electron chi connectivity index (χ4n) is 4.34. The second-order valence-corrected chi connectivity index (χ2v) is 15.6. The molecule has 1 spiro atoms. The maximum atomic E-state index is 10.5. The molecule has 5 atom stereocenters. The van der Waals surface area contributed by atoms with Gasteiger partial charge in [-0.05, 0) is 49.7 Å². The molecule has 0 aliphatic carbocycles. The summed E-state index contributed by atoms with van der Waals surface area (Å²) in [7, 11) is -1.75. The summed E-state index contributed by atoms with van der Waals surface area (Å²) >= 11 is 0. The maximum Gasteiger partial charge on any atom is 0.191 e. The summed E-state index contributed by atoms with van der Waals surface area (Å²) < 4.78 is 19.6. The van der Waals surface area contributed by atoms with E-state index in [4.69, 9.17) is 20.3 Å². The Kier molecular flexibility index (Phi) is 8.07. The molecule has 0 amide bonds. The average Bonchev–Trinajstić information content (AvgIpc) is 3.01. The zero-order valence-corrected chi connectivity index (χ0v) is 20.8. The normalized spacial score (nSPS) is 34.3. The largest absolute Gasteiger partial charge is 0.417 e. The molecule has 29 heavy (non-hydrogen) atoms. The van der Waals surface area contributed by atoms with Crippen LogP contribution in [0.2, 0.25) is 18.1 Å². The molecule has 0 saturated carbocycles. The minimum atomic E-state index is -1.75. The van der Waals surface area contributed by atoms with E-state index in [1.807, 2.05) is 0 Å². The Morgan fingerprint density at radius 1 is 1.28 bits per heavy atom. The molecule has 0 aromatic heterocycles. The van der Waals surface area contributed by atoms with Crippen LogP contribution in [0.3, 0.4) is 0 Å². The number of hydrogen-bond acceptors (Lipinski definition) is 4. The van der Waals surface area contributed by atoms with Crippen molar-refractivity contribution in [2.24, 2.45) is 5.92 Å². The monoisotopic (exact) mass is 424 g/mol. The molecule has 2 saturated heterocycles. The third-order valence-electron chi connectivity index (χ3n) is 7.58. The van der Waals surface area contributed by atoms with Crippen LogP contribution in [0, 0.1) is 18.3 Å². The Morgan fingerprint density at radius 3 is 2.55 bits per heavy atom. The van der Waals surface area contributed by atoms with Crippen molar-refractivity contribution in [3.8, 4) is 12.3 Å². The molecule has 5 heteroatoms. The molecule has 0 unspecified atom stereocenters. The quantitative estimate of drug-likeness (QED) is 0.404. The first-order chi connectivity index (χ1) is 13.4. The molecule has 0 bridgehead atoms. The number of aliphatic hydroxyl groups is 1. The predicted octanol–water partition coefficient (Wildman–Crippen LogP) is 5.64. The summed E-state index contributed by atoms with van der Waals surface area (Å²) in [5.74, 6) is 2.41. The SMILES string of the molecule is C#C[C@@H](O)[C@@]1(CCCC)CC[C@]2(CC[C@H](C)[C@@H](CCO[Si](C)(C)C(C)(C)C)O2)O1. The number of aliphatic hydroxyl groups excluding tert-OH is 1. The van der Waals surface area contributed by atoms with Crippen LogP contribution in [0.15, 0.2) is 0 Å². The van der Waals surface area contributed by atoms with E-state index < -0.39 is 25.8 Å². The molecule has 0 radical (unpaired) electrons. The lowest BCUT2D eigenvalue weighted by atomic mass is 9.86. The smallest absolute Gasteiger partial charge is 0.191 e. The van der Waals surface area contributed by atoms with Crippen molar-refractivity contribution in [2.45, 2.75) is 128 Å². The topological polar surface area (TPSA) is 47.9 Å². The van der Waals surface area contributed by atoms with Crippen LogP contribution in [0.5, 0.6) is 0 Å². The number of ether oxygens (including phenoxy) is 2. The molecule has 2 heterocycles. The van der Waals surface area contributed by atoms with Gasteiger partial charge in [0, 0.05) is 19.4 Å². The van der Waals surface area contributed by atoms with Crippen molar-refractivity contribution in [3.05, 3.63) is 0 Å². The van der Waals surface area contributed by atoms with Crippen LogP contribution in [-0.4, -0.2) is 43.6 Å². The van der Waals surface area contributed by atoms with Gasteiger partial charge in [0.1, 0.15) is 11.7 Å². The van der Waals surface area contributed by atoms with Crippen LogP contribution >= 0.6 is 0 Å². The molecular weight excluding hydrogens is 380 g/mol. The summed E-state index contributed by atoms with van der Waals surface area (Å²) in [5, 5.41) is 10.8. The van der Waals surface area contributed by atoms with Crippen molar-refractivity contribution in [1.82, 2.24) is 0 Å². The lowest BCUT2D eigenvalue weighted by Crippen LogP contribution is -2.49. The molecular formula is C24H44O4Si. The molecule has 2 aliphatic heterocycles. The Labute approximate surface area is 180 Å². The zero-order chi connectivity index (χ0) is 21.9. The molecule has 0 aromatic rings. The Balaban J connectivity index is 2.02. The van der Waals surface area contributed by atoms with E-state index in [9.17, 15) is 5.11 Å². The van der Waals surface area contributed by atoms with E-state index in [1.54, 1.807) is 0 Å². The van der Waals surface area contributed by atoms with Crippen LogP contribution < -0.4 is 0 Å². The van der Waals surface area contributed by atoms with Gasteiger partial charge in [0.2, 0.25) is 0 Å². The number of unbranched alkanes of at least 4 members (excludes halogenated alkanes) is 1. The lowest BCUT2D eigenvalue weighted by molar-refractivity contribution is -0.308. The van der Waals surface area contributed by atoms with Gasteiger partial charge in [-0.2, -0.15) is 0 Å². The summed E-state index contributed by atoms with van der Waals surface area (Å²) in [6.45, 7) is 16.5. The number of terminal acetylenes is 1. The average molecular weight is 425 g/mol. The van der Waals surface area contributed by atoms with Crippen LogP contribution in [-0.2, 0) is 13.9 Å². The van der Waals surface area contributed by atoms with Gasteiger partial charge < -0.3 is 19.0 Å². The van der Waals surface area contributed by atoms with Gasteiger partial charge in [-0.3, -0.25) is 0 Å². The summed E-state index contributed by atoms with van der Waals surface area (Å²) in [6.07, 6.45) is 12.1. The molecule has 1 N–H and O–H groups in total. The van der Waals surface area contributed by atoms with Crippen molar-refractivity contribution >= 4 is 8.32 Å². The van der Waals surface area contributed by atoms with Crippen molar-refractivity contribution in [1.29, 1.82) is 0 Å². The Morgan fingerprint density at radius 2 is 1.97 bits per heavy atom. The van der Waals surface area contributed by atoms with E-state index in [2.05, 4.69) is 53.6 Å². The first-order valence-electron chi connectivity index (χ1n) is 11.6. The fourth-order valence-corrected chi connectivity index (χ4v) is 5.40. The Hall–Kier alpha value is -0.383. The highest BCUT2D eigenvalue weighted by Crippen LogP contribution is 2.49. The third kappa shape index (κ3) is 5.65. The Bertz CT molecular complexity index is 578. The van der Waals surface area contributed by atoms with Gasteiger partial charge >= 0.3 is 0 Å². The van der Waals surface area contributed by atoms with E-state index >= 15 is 0 Å². The van der Waals surface area contributed by atoms with Crippen molar-refractivity contribution in [3.63, 3.8) is 0 Å². The predicted molar refractivity (Wildman–Crippen MR) is 121 cm³/mol. The standard InChI is InChI=1S/C24H44O4Si/c1-9-11-14-23(21(25)10-2)16-17-24(28-23)15-12-19(3)20(27-24)13-18-26-29(7,8)22(4,5)6/h2,19-21,25H,9,11-18H2,1,3-8H3/t19-,20+,21+,23+,24-/m0/s1. The molecule has 168 valence electrons. The summed E-state index contributed by atoms with van der Waals surface area (Å²) in [6, 6.07) is 0. The first-order valence-corrected chi connectivity index (χ1v) is 14.5. The lowest BCUT2D eigenvalue weighted by Gasteiger charge is -2.44. The highest BCUT2D eigenvalue weighted by Gasteiger charge is 2.55. The van der Waals surface area contributed by atoms with E-state index in [0.717, 1.165) is 58.0 Å². The minimum Gasteiger partial charge on any atom is -0.417 e. The van der Waals surface area contributed by atoms with E-state index in [1.165, 1.54) is 0 Å². The molecule has 2 aliphatic rings. The van der Waals surface area contributed by atoms with Crippen LogP contribution in [0.4, 0.5) is 0 Å². The third-order valence-corrected chi connectivity index (χ3v) is 12.1.